The van der Waals surface area contributed by atoms with Crippen molar-refractivity contribution in [1.29, 1.82) is 5.26 Å². The van der Waals surface area contributed by atoms with Crippen LogP contribution in [0.1, 0.15) is 58.2 Å². The van der Waals surface area contributed by atoms with Gasteiger partial charge in [0.2, 0.25) is 0 Å². The second kappa shape index (κ2) is 8.79. The first-order chi connectivity index (χ1) is 15.0. The van der Waals surface area contributed by atoms with Gasteiger partial charge < -0.3 is 20.1 Å². The molecule has 3 rings (SSSR count). The Morgan fingerprint density at radius 3 is 2.56 bits per heavy atom. The molecule has 168 valence electrons. The van der Waals surface area contributed by atoms with Crippen LogP contribution in [0.2, 0.25) is 0 Å². The maximum absolute atomic E-state index is 12.7. The summed E-state index contributed by atoms with van der Waals surface area (Å²) >= 11 is 0. The number of para-hydroxylation sites is 1. The van der Waals surface area contributed by atoms with Crippen LogP contribution in [0.25, 0.3) is 0 Å². The molecule has 1 aliphatic rings. The number of fused-ring (bicyclic) bond motifs is 1. The van der Waals surface area contributed by atoms with E-state index in [0.29, 0.717) is 29.1 Å². The number of amides is 3. The maximum atomic E-state index is 12.7. The first-order valence-electron chi connectivity index (χ1n) is 10.4. The molecule has 3 amide bonds. The van der Waals surface area contributed by atoms with Crippen molar-refractivity contribution in [3.8, 4) is 11.8 Å². The van der Waals surface area contributed by atoms with E-state index in [-0.39, 0.29) is 6.04 Å². The number of nitrogens with one attached hydrogen (secondary N) is 3. The first-order valence-corrected chi connectivity index (χ1v) is 10.4. The van der Waals surface area contributed by atoms with Crippen molar-refractivity contribution in [2.75, 3.05) is 10.6 Å². The van der Waals surface area contributed by atoms with Gasteiger partial charge in [-0.3, -0.25) is 5.32 Å². The highest BCUT2D eigenvalue weighted by Gasteiger charge is 2.35. The van der Waals surface area contributed by atoms with E-state index in [4.69, 9.17) is 9.47 Å². The number of rotatable bonds is 3. The van der Waals surface area contributed by atoms with Crippen LogP contribution in [0.4, 0.5) is 21.0 Å². The van der Waals surface area contributed by atoms with Crippen molar-refractivity contribution in [2.24, 2.45) is 0 Å². The van der Waals surface area contributed by atoms with Crippen molar-refractivity contribution in [3.63, 3.8) is 0 Å². The van der Waals surface area contributed by atoms with E-state index in [9.17, 15) is 14.9 Å². The van der Waals surface area contributed by atoms with Crippen LogP contribution in [-0.4, -0.2) is 23.3 Å². The van der Waals surface area contributed by atoms with E-state index in [2.05, 4.69) is 22.0 Å². The Morgan fingerprint density at radius 1 is 1.16 bits per heavy atom. The monoisotopic (exact) mass is 436 g/mol. The van der Waals surface area contributed by atoms with Gasteiger partial charge in [-0.25, -0.2) is 9.59 Å². The summed E-state index contributed by atoms with van der Waals surface area (Å²) in [5, 5.41) is 17.7. The molecule has 0 unspecified atom stereocenters. The lowest BCUT2D eigenvalue weighted by Gasteiger charge is -2.38. The van der Waals surface area contributed by atoms with Gasteiger partial charge in [-0.2, -0.15) is 5.26 Å². The summed E-state index contributed by atoms with van der Waals surface area (Å²) in [5.74, 6) is 0.624. The lowest BCUT2D eigenvalue weighted by atomic mass is 9.89. The second-order valence-electron chi connectivity index (χ2n) is 9.25. The molecule has 1 atom stereocenters. The zero-order valence-electron chi connectivity index (χ0n) is 18.9. The first kappa shape index (κ1) is 22.9. The molecule has 0 bridgehead atoms. The molecular formula is C24H28N4O4. The van der Waals surface area contributed by atoms with Crippen LogP contribution < -0.4 is 20.7 Å². The molecular weight excluding hydrogens is 408 g/mol. The highest BCUT2D eigenvalue weighted by atomic mass is 16.6. The van der Waals surface area contributed by atoms with Crippen LogP contribution in [0.15, 0.2) is 42.5 Å². The molecule has 1 aliphatic heterocycles. The van der Waals surface area contributed by atoms with E-state index >= 15 is 0 Å². The van der Waals surface area contributed by atoms with Gasteiger partial charge in [0, 0.05) is 17.7 Å². The minimum Gasteiger partial charge on any atom is -0.487 e. The fourth-order valence-electron chi connectivity index (χ4n) is 3.49. The lowest BCUT2D eigenvalue weighted by Crippen LogP contribution is -2.42. The number of nitrogens with zero attached hydrogens (tertiary/aromatic N) is 1. The highest BCUT2D eigenvalue weighted by Crippen LogP contribution is 2.40. The fourth-order valence-corrected chi connectivity index (χ4v) is 3.49. The number of carbonyl (C=O) groups is 2. The normalized spacial score (nSPS) is 16.6. The van der Waals surface area contributed by atoms with Gasteiger partial charge in [0.1, 0.15) is 23.0 Å². The number of benzene rings is 2. The zero-order valence-corrected chi connectivity index (χ0v) is 18.9. The number of hydrogen-bond donors (Lipinski definition) is 3. The van der Waals surface area contributed by atoms with E-state index in [0.717, 1.165) is 5.56 Å². The predicted octanol–water partition coefficient (Wildman–Crippen LogP) is 5.33. The van der Waals surface area contributed by atoms with Crippen LogP contribution in [0.5, 0.6) is 5.75 Å². The third-order valence-electron chi connectivity index (χ3n) is 4.71. The van der Waals surface area contributed by atoms with Gasteiger partial charge >= 0.3 is 12.1 Å². The number of nitriles is 1. The summed E-state index contributed by atoms with van der Waals surface area (Å²) in [6.45, 7) is 9.26. The number of anilines is 2. The van der Waals surface area contributed by atoms with Gasteiger partial charge in [-0.15, -0.1) is 0 Å². The highest BCUT2D eigenvalue weighted by molar-refractivity contribution is 5.91. The second-order valence-corrected chi connectivity index (χ2v) is 9.25. The molecule has 0 aliphatic carbocycles. The van der Waals surface area contributed by atoms with Crippen molar-refractivity contribution in [2.45, 2.75) is 58.3 Å². The molecule has 8 heteroatoms. The molecule has 2 aromatic carbocycles. The molecule has 0 fully saturated rings. The molecule has 0 radical (unpaired) electrons. The van der Waals surface area contributed by atoms with Crippen LogP contribution >= 0.6 is 0 Å². The Bertz CT molecular complexity index is 1070. The molecule has 3 N–H and O–H groups in total. The average molecular weight is 437 g/mol. The minimum atomic E-state index is -0.618. The molecule has 0 aromatic heterocycles. The summed E-state index contributed by atoms with van der Waals surface area (Å²) in [7, 11) is 0. The topological polar surface area (TPSA) is 112 Å². The molecule has 8 nitrogen and oxygen atoms in total. The zero-order chi connectivity index (χ0) is 23.5. The van der Waals surface area contributed by atoms with E-state index in [1.54, 1.807) is 63.2 Å². The molecule has 0 saturated carbocycles. The third-order valence-corrected chi connectivity index (χ3v) is 4.71. The number of ether oxygens (including phenoxy) is 2. The molecule has 32 heavy (non-hydrogen) atoms. The third kappa shape index (κ3) is 5.91. The number of carbonyl (C=O) groups excluding carboxylic acids is 2. The van der Waals surface area contributed by atoms with Crippen molar-refractivity contribution < 1.29 is 19.1 Å². The Labute approximate surface area is 187 Å². The smallest absolute Gasteiger partial charge is 0.412 e. The quantitative estimate of drug-likeness (QED) is 0.602. The van der Waals surface area contributed by atoms with Crippen LogP contribution in [0, 0.1) is 11.3 Å². The Balaban J connectivity index is 1.80. The lowest BCUT2D eigenvalue weighted by molar-refractivity contribution is 0.0631. The number of urea groups is 1. The van der Waals surface area contributed by atoms with Crippen molar-refractivity contribution >= 4 is 23.5 Å². The summed E-state index contributed by atoms with van der Waals surface area (Å²) in [6.07, 6.45) is -0.0479. The van der Waals surface area contributed by atoms with E-state index in [1.165, 1.54) is 0 Å². The Kier molecular flexibility index (Phi) is 6.30. The van der Waals surface area contributed by atoms with Crippen molar-refractivity contribution in [3.05, 3.63) is 53.6 Å². The average Bonchev–Trinajstić information content (AvgIpc) is 2.66. The number of hydrogen-bond acceptors (Lipinski definition) is 5. The largest absolute Gasteiger partial charge is 0.487 e. The summed E-state index contributed by atoms with van der Waals surface area (Å²) in [4.78, 5) is 24.9. The van der Waals surface area contributed by atoms with Gasteiger partial charge in [-0.05, 0) is 65.0 Å². The van der Waals surface area contributed by atoms with Gasteiger partial charge in [-0.1, -0.05) is 12.1 Å². The van der Waals surface area contributed by atoms with Crippen LogP contribution in [0.3, 0.4) is 0 Å². The van der Waals surface area contributed by atoms with E-state index in [1.807, 2.05) is 13.8 Å². The van der Waals surface area contributed by atoms with Gasteiger partial charge in [0.25, 0.3) is 0 Å². The van der Waals surface area contributed by atoms with Gasteiger partial charge in [0.05, 0.1) is 17.3 Å². The molecule has 0 spiro atoms. The molecule has 0 saturated heterocycles. The summed E-state index contributed by atoms with van der Waals surface area (Å²) < 4.78 is 11.4. The Hall–Kier alpha value is -3.73. The fraction of sp³-hybridized carbons (Fsp3) is 0.375. The Morgan fingerprint density at radius 2 is 1.88 bits per heavy atom. The summed E-state index contributed by atoms with van der Waals surface area (Å²) in [5.41, 5.74) is 0.951. The van der Waals surface area contributed by atoms with Crippen LogP contribution in [-0.2, 0) is 4.74 Å². The molecule has 2 aromatic rings. The van der Waals surface area contributed by atoms with Crippen molar-refractivity contribution in [1.82, 2.24) is 5.32 Å². The predicted molar refractivity (Wildman–Crippen MR) is 122 cm³/mol. The van der Waals surface area contributed by atoms with Gasteiger partial charge in [0.15, 0.2) is 0 Å². The molecule has 1 heterocycles. The maximum Gasteiger partial charge on any atom is 0.412 e. The standard InChI is InChI=1S/C24H28N4O4/c1-23(2,3)32-22(30)26-16-10-11-20-17(12-16)19(13-24(4,5)31-20)28-21(29)27-18-9-7-6-8-15(18)14-25/h6-12,19H,13H2,1-5H3,(H,26,30)(H2,27,28,29)/t19-/m1/s1. The van der Waals surface area contributed by atoms with E-state index < -0.39 is 23.3 Å². The SMILES string of the molecule is CC(C)(C)OC(=O)Nc1ccc2c(c1)[C@H](NC(=O)Nc1ccccc1C#N)CC(C)(C)O2. The minimum absolute atomic E-state index is 0.372. The summed E-state index contributed by atoms with van der Waals surface area (Å²) in [6, 6.07) is 13.3.